The van der Waals surface area contributed by atoms with E-state index in [-0.39, 0.29) is 18.2 Å². The molecule has 0 fully saturated rings. The normalized spacial score (nSPS) is 11.1. The van der Waals surface area contributed by atoms with Gasteiger partial charge in [0.2, 0.25) is 5.91 Å². The van der Waals surface area contributed by atoms with E-state index in [9.17, 15) is 14.9 Å². The lowest BCUT2D eigenvalue weighted by Gasteiger charge is -2.19. The maximum atomic E-state index is 13.1. The standard InChI is InChI=1S/C26H26N6O2/c1-2-30-26(34)32-23(15-17-6-5-8-19(14-17)24(28)29)25(33)31-21-12-10-18(11-13-21)22-9-4-3-7-20(22)16-27/h3-14,23H,2,15H2,1H3,(H3,28,29)(H,31,33)(H2,30,32,34)/t23-/m0/s1. The van der Waals surface area contributed by atoms with Crippen molar-refractivity contribution in [1.82, 2.24) is 10.6 Å². The number of nitrogens with one attached hydrogen (secondary N) is 4. The summed E-state index contributed by atoms with van der Waals surface area (Å²) in [5.74, 6) is -0.456. The number of hydrogen-bond donors (Lipinski definition) is 5. The molecule has 0 bridgehead atoms. The Morgan fingerprint density at radius 1 is 1.06 bits per heavy atom. The van der Waals surface area contributed by atoms with Crippen molar-refractivity contribution in [3.05, 3.63) is 89.5 Å². The number of amidine groups is 1. The van der Waals surface area contributed by atoms with Crippen LogP contribution in [-0.2, 0) is 11.2 Å². The Morgan fingerprint density at radius 2 is 1.79 bits per heavy atom. The highest BCUT2D eigenvalue weighted by Gasteiger charge is 2.22. The first-order valence-electron chi connectivity index (χ1n) is 10.8. The minimum atomic E-state index is -0.854. The number of carbonyl (C=O) groups excluding carboxylic acids is 2. The van der Waals surface area contributed by atoms with Crippen LogP contribution in [0.2, 0.25) is 0 Å². The van der Waals surface area contributed by atoms with Crippen LogP contribution in [0.25, 0.3) is 11.1 Å². The van der Waals surface area contributed by atoms with Gasteiger partial charge >= 0.3 is 6.03 Å². The molecule has 0 aliphatic heterocycles. The summed E-state index contributed by atoms with van der Waals surface area (Å²) in [5, 5.41) is 25.1. The number of amides is 3. The van der Waals surface area contributed by atoms with Gasteiger partial charge in [-0.1, -0.05) is 48.5 Å². The predicted molar refractivity (Wildman–Crippen MR) is 132 cm³/mol. The Balaban J connectivity index is 1.78. The molecule has 0 unspecified atom stereocenters. The molecule has 8 heteroatoms. The SMILES string of the molecule is CCNC(=O)N[C@@H](Cc1cccc(C(=N)N)c1)C(=O)Nc1ccc(-c2ccccc2C#N)cc1. The predicted octanol–water partition coefficient (Wildman–Crippen LogP) is 3.38. The van der Waals surface area contributed by atoms with E-state index >= 15 is 0 Å². The van der Waals surface area contributed by atoms with Gasteiger partial charge in [0.25, 0.3) is 0 Å². The van der Waals surface area contributed by atoms with Gasteiger partial charge in [-0.15, -0.1) is 0 Å². The minimum Gasteiger partial charge on any atom is -0.384 e. The fourth-order valence-electron chi connectivity index (χ4n) is 3.48. The van der Waals surface area contributed by atoms with Gasteiger partial charge in [0.15, 0.2) is 0 Å². The van der Waals surface area contributed by atoms with E-state index in [0.717, 1.165) is 16.7 Å². The van der Waals surface area contributed by atoms with Crippen molar-refractivity contribution in [2.24, 2.45) is 5.73 Å². The maximum Gasteiger partial charge on any atom is 0.315 e. The highest BCUT2D eigenvalue weighted by Crippen LogP contribution is 2.24. The molecule has 0 aliphatic rings. The molecule has 172 valence electrons. The van der Waals surface area contributed by atoms with Crippen molar-refractivity contribution < 1.29 is 9.59 Å². The lowest BCUT2D eigenvalue weighted by Crippen LogP contribution is -2.49. The van der Waals surface area contributed by atoms with Crippen LogP contribution >= 0.6 is 0 Å². The molecular weight excluding hydrogens is 428 g/mol. The molecule has 3 aromatic rings. The van der Waals surface area contributed by atoms with Crippen molar-refractivity contribution in [3.8, 4) is 17.2 Å². The number of hydrogen-bond acceptors (Lipinski definition) is 4. The molecule has 6 N–H and O–H groups in total. The maximum absolute atomic E-state index is 13.1. The van der Waals surface area contributed by atoms with Crippen LogP contribution in [0.5, 0.6) is 0 Å². The molecule has 0 aromatic heterocycles. The molecule has 8 nitrogen and oxygen atoms in total. The second kappa shape index (κ2) is 11.3. The third-order valence-corrected chi connectivity index (χ3v) is 5.15. The number of anilines is 1. The first-order valence-corrected chi connectivity index (χ1v) is 10.8. The zero-order valence-electron chi connectivity index (χ0n) is 18.8. The Kier molecular flexibility index (Phi) is 7.97. The fourth-order valence-corrected chi connectivity index (χ4v) is 3.48. The van der Waals surface area contributed by atoms with Crippen LogP contribution in [0, 0.1) is 16.7 Å². The average Bonchev–Trinajstić information content (AvgIpc) is 2.84. The monoisotopic (exact) mass is 454 g/mol. The zero-order valence-corrected chi connectivity index (χ0v) is 18.8. The van der Waals surface area contributed by atoms with E-state index < -0.39 is 12.1 Å². The molecule has 0 radical (unpaired) electrons. The second-order valence-corrected chi connectivity index (χ2v) is 7.60. The van der Waals surface area contributed by atoms with E-state index in [0.29, 0.717) is 23.4 Å². The molecule has 0 saturated heterocycles. The number of urea groups is 1. The van der Waals surface area contributed by atoms with Gasteiger partial charge in [0.05, 0.1) is 11.6 Å². The summed E-state index contributed by atoms with van der Waals surface area (Å²) in [5.41, 5.74) is 9.67. The third-order valence-electron chi connectivity index (χ3n) is 5.15. The lowest BCUT2D eigenvalue weighted by molar-refractivity contribution is -0.117. The first-order chi connectivity index (χ1) is 16.4. The third kappa shape index (κ3) is 6.20. The molecule has 0 heterocycles. The van der Waals surface area contributed by atoms with Crippen LogP contribution in [0.15, 0.2) is 72.8 Å². The summed E-state index contributed by atoms with van der Waals surface area (Å²) in [6.07, 6.45) is 0.220. The van der Waals surface area contributed by atoms with Crippen molar-refractivity contribution in [1.29, 1.82) is 10.7 Å². The summed E-state index contributed by atoms with van der Waals surface area (Å²) < 4.78 is 0. The summed E-state index contributed by atoms with van der Waals surface area (Å²) in [6.45, 7) is 2.21. The number of nitrogens with two attached hydrogens (primary N) is 1. The molecule has 0 spiro atoms. The Labute approximate surface area is 198 Å². The molecule has 3 amide bonds. The van der Waals surface area contributed by atoms with Crippen molar-refractivity contribution >= 4 is 23.5 Å². The smallest absolute Gasteiger partial charge is 0.315 e. The molecule has 0 saturated carbocycles. The number of rotatable bonds is 8. The van der Waals surface area contributed by atoms with E-state index in [1.165, 1.54) is 0 Å². The number of benzene rings is 3. The average molecular weight is 455 g/mol. The molecule has 3 rings (SSSR count). The van der Waals surface area contributed by atoms with Gasteiger partial charge in [0, 0.05) is 24.2 Å². The molecule has 34 heavy (non-hydrogen) atoms. The number of nitrogen functional groups attached to an aromatic ring is 1. The Morgan fingerprint density at radius 3 is 2.47 bits per heavy atom. The molecular formula is C26H26N6O2. The number of nitriles is 1. The second-order valence-electron chi connectivity index (χ2n) is 7.60. The highest BCUT2D eigenvalue weighted by atomic mass is 16.2. The number of nitrogens with zero attached hydrogens (tertiary/aromatic N) is 1. The molecule has 1 atom stereocenters. The van der Waals surface area contributed by atoms with E-state index in [4.69, 9.17) is 11.1 Å². The molecule has 0 aliphatic carbocycles. The fraction of sp³-hybridized carbons (Fsp3) is 0.154. The molecule has 3 aromatic carbocycles. The van der Waals surface area contributed by atoms with Crippen LogP contribution in [0.1, 0.15) is 23.6 Å². The largest absolute Gasteiger partial charge is 0.384 e. The van der Waals surface area contributed by atoms with E-state index in [2.05, 4.69) is 22.0 Å². The lowest BCUT2D eigenvalue weighted by atomic mass is 10.00. The van der Waals surface area contributed by atoms with Crippen molar-refractivity contribution in [3.63, 3.8) is 0 Å². The quantitative estimate of drug-likeness (QED) is 0.262. The van der Waals surface area contributed by atoms with Crippen LogP contribution in [0.4, 0.5) is 10.5 Å². The van der Waals surface area contributed by atoms with Crippen molar-refractivity contribution in [2.75, 3.05) is 11.9 Å². The van der Waals surface area contributed by atoms with Crippen LogP contribution < -0.4 is 21.7 Å². The summed E-state index contributed by atoms with van der Waals surface area (Å²) in [7, 11) is 0. The summed E-state index contributed by atoms with van der Waals surface area (Å²) in [4.78, 5) is 25.2. The van der Waals surface area contributed by atoms with Crippen LogP contribution in [-0.4, -0.2) is 30.4 Å². The Bertz CT molecular complexity index is 1230. The van der Waals surface area contributed by atoms with Crippen molar-refractivity contribution in [2.45, 2.75) is 19.4 Å². The zero-order chi connectivity index (χ0) is 24.5. The van der Waals surface area contributed by atoms with E-state index in [1.54, 1.807) is 43.3 Å². The summed E-state index contributed by atoms with van der Waals surface area (Å²) >= 11 is 0. The Hall–Kier alpha value is -4.64. The van der Waals surface area contributed by atoms with E-state index in [1.807, 2.05) is 36.4 Å². The van der Waals surface area contributed by atoms with Gasteiger partial charge in [-0.2, -0.15) is 5.26 Å². The van der Waals surface area contributed by atoms with Gasteiger partial charge in [-0.25, -0.2) is 4.79 Å². The van der Waals surface area contributed by atoms with Gasteiger partial charge in [-0.3, -0.25) is 10.2 Å². The minimum absolute atomic E-state index is 0.0717. The van der Waals surface area contributed by atoms with Gasteiger partial charge in [-0.05, 0) is 47.9 Å². The topological polar surface area (TPSA) is 144 Å². The number of carbonyl (C=O) groups is 2. The van der Waals surface area contributed by atoms with Gasteiger partial charge in [0.1, 0.15) is 11.9 Å². The summed E-state index contributed by atoms with van der Waals surface area (Å²) in [6, 6.07) is 22.3. The van der Waals surface area contributed by atoms with Gasteiger partial charge < -0.3 is 21.7 Å². The first kappa shape index (κ1) is 24.0. The van der Waals surface area contributed by atoms with Crippen LogP contribution in [0.3, 0.4) is 0 Å². The highest BCUT2D eigenvalue weighted by molar-refractivity contribution is 5.98.